The molecule has 0 saturated heterocycles. The summed E-state index contributed by atoms with van der Waals surface area (Å²) in [6, 6.07) is 2.21. The van der Waals surface area contributed by atoms with E-state index in [1.807, 2.05) is 6.92 Å². The molecule has 0 aromatic carbocycles. The van der Waals surface area contributed by atoms with Crippen LogP contribution in [0, 0.1) is 13.8 Å². The maximum atomic E-state index is 10.1. The first-order chi connectivity index (χ1) is 7.87. The number of hydrogen-bond donors (Lipinski definition) is 2. The second-order valence-corrected chi connectivity index (χ2v) is 5.31. The van der Waals surface area contributed by atoms with Gasteiger partial charge in [0, 0.05) is 31.5 Å². The number of aromatic nitrogens is 1. The van der Waals surface area contributed by atoms with E-state index in [9.17, 15) is 5.11 Å². The summed E-state index contributed by atoms with van der Waals surface area (Å²) in [5, 5.41) is 13.4. The highest BCUT2D eigenvalue weighted by molar-refractivity contribution is 5.26. The van der Waals surface area contributed by atoms with Crippen LogP contribution in [0.2, 0.25) is 0 Å². The van der Waals surface area contributed by atoms with Gasteiger partial charge in [0.1, 0.15) is 0 Å². The molecule has 0 amide bonds. The van der Waals surface area contributed by atoms with E-state index in [1.54, 1.807) is 0 Å². The second-order valence-electron chi connectivity index (χ2n) is 5.31. The molecule has 0 saturated carbocycles. The summed E-state index contributed by atoms with van der Waals surface area (Å²) in [7, 11) is 2.08. The molecule has 3 heteroatoms. The lowest BCUT2D eigenvalue weighted by Gasteiger charge is -2.23. The number of rotatable bonds is 6. The van der Waals surface area contributed by atoms with Crippen LogP contribution in [0.25, 0.3) is 0 Å². The van der Waals surface area contributed by atoms with Crippen molar-refractivity contribution in [2.45, 2.75) is 52.7 Å². The van der Waals surface area contributed by atoms with Gasteiger partial charge in [0.25, 0.3) is 0 Å². The average molecular weight is 238 g/mol. The molecule has 0 fully saturated rings. The van der Waals surface area contributed by atoms with Gasteiger partial charge in [0.15, 0.2) is 0 Å². The lowest BCUT2D eigenvalue weighted by atomic mass is 10.0. The molecule has 98 valence electrons. The topological polar surface area (TPSA) is 37.2 Å². The van der Waals surface area contributed by atoms with Gasteiger partial charge in [0.05, 0.1) is 5.60 Å². The Bertz CT molecular complexity index is 367. The highest BCUT2D eigenvalue weighted by Crippen LogP contribution is 2.14. The van der Waals surface area contributed by atoms with Crippen LogP contribution in [-0.2, 0) is 13.6 Å². The molecule has 0 bridgehead atoms. The summed E-state index contributed by atoms with van der Waals surface area (Å²) < 4.78 is 2.20. The Balaban J connectivity index is 2.48. The third-order valence-electron chi connectivity index (χ3n) is 3.49. The smallest absolute Gasteiger partial charge is 0.0743 e. The fourth-order valence-electron chi connectivity index (χ4n) is 2.21. The van der Waals surface area contributed by atoms with Gasteiger partial charge in [0.2, 0.25) is 0 Å². The van der Waals surface area contributed by atoms with Crippen molar-refractivity contribution in [3.05, 3.63) is 23.0 Å². The lowest BCUT2D eigenvalue weighted by Crippen LogP contribution is -2.37. The molecule has 0 aliphatic carbocycles. The average Bonchev–Trinajstić information content (AvgIpc) is 2.46. The normalized spacial score (nSPS) is 14.9. The first-order valence-corrected chi connectivity index (χ1v) is 6.42. The molecule has 1 atom stereocenters. The number of aliphatic hydroxyl groups is 1. The maximum absolute atomic E-state index is 10.1. The van der Waals surface area contributed by atoms with E-state index in [1.165, 1.54) is 17.0 Å². The summed E-state index contributed by atoms with van der Waals surface area (Å²) in [5.74, 6) is 0. The largest absolute Gasteiger partial charge is 0.389 e. The van der Waals surface area contributed by atoms with Crippen LogP contribution in [0.3, 0.4) is 0 Å². The minimum atomic E-state index is -0.591. The highest BCUT2D eigenvalue weighted by atomic mass is 16.3. The lowest BCUT2D eigenvalue weighted by molar-refractivity contribution is 0.0498. The van der Waals surface area contributed by atoms with Gasteiger partial charge >= 0.3 is 0 Å². The van der Waals surface area contributed by atoms with E-state index >= 15 is 0 Å². The molecule has 1 rings (SSSR count). The molecule has 1 heterocycles. The molecule has 1 aromatic heterocycles. The predicted octanol–water partition coefficient (Wildman–Crippen LogP) is 2.28. The predicted molar refractivity (Wildman–Crippen MR) is 72.1 cm³/mol. The van der Waals surface area contributed by atoms with Crippen LogP contribution in [0.1, 0.15) is 43.6 Å². The molecule has 0 spiro atoms. The Kier molecular flexibility index (Phi) is 4.78. The zero-order valence-corrected chi connectivity index (χ0v) is 11.8. The van der Waals surface area contributed by atoms with E-state index in [0.29, 0.717) is 6.54 Å². The summed E-state index contributed by atoms with van der Waals surface area (Å²) in [4.78, 5) is 0. The van der Waals surface area contributed by atoms with Crippen molar-refractivity contribution in [3.63, 3.8) is 0 Å². The monoisotopic (exact) mass is 238 g/mol. The Hall–Kier alpha value is -0.800. The maximum Gasteiger partial charge on any atom is 0.0743 e. The van der Waals surface area contributed by atoms with Gasteiger partial charge in [-0.15, -0.1) is 0 Å². The van der Waals surface area contributed by atoms with Crippen LogP contribution in [0.4, 0.5) is 0 Å². The van der Waals surface area contributed by atoms with Crippen molar-refractivity contribution in [1.82, 2.24) is 9.88 Å². The van der Waals surface area contributed by atoms with Gasteiger partial charge < -0.3 is 15.0 Å². The van der Waals surface area contributed by atoms with Crippen molar-refractivity contribution >= 4 is 0 Å². The summed E-state index contributed by atoms with van der Waals surface area (Å²) in [6.07, 6.45) is 1.85. The first kappa shape index (κ1) is 14.3. The van der Waals surface area contributed by atoms with Crippen molar-refractivity contribution in [3.8, 4) is 0 Å². The quantitative estimate of drug-likeness (QED) is 0.798. The molecule has 0 aliphatic heterocycles. The zero-order chi connectivity index (χ0) is 13.1. The Labute approximate surface area is 105 Å². The zero-order valence-electron chi connectivity index (χ0n) is 11.8. The van der Waals surface area contributed by atoms with Crippen molar-refractivity contribution in [1.29, 1.82) is 0 Å². The van der Waals surface area contributed by atoms with E-state index in [2.05, 4.69) is 43.8 Å². The fraction of sp³-hybridized carbons (Fsp3) is 0.714. The molecular weight excluding hydrogens is 212 g/mol. The van der Waals surface area contributed by atoms with Gasteiger partial charge in [-0.2, -0.15) is 0 Å². The Morgan fingerprint density at radius 2 is 2.06 bits per heavy atom. The molecule has 1 unspecified atom stereocenters. The molecular formula is C14H26N2O. The third-order valence-corrected chi connectivity index (χ3v) is 3.49. The first-order valence-electron chi connectivity index (χ1n) is 6.42. The number of hydrogen-bond acceptors (Lipinski definition) is 2. The van der Waals surface area contributed by atoms with Crippen LogP contribution in [0.5, 0.6) is 0 Å². The summed E-state index contributed by atoms with van der Waals surface area (Å²) in [5.41, 5.74) is 3.30. The van der Waals surface area contributed by atoms with E-state index in [-0.39, 0.29) is 0 Å². The summed E-state index contributed by atoms with van der Waals surface area (Å²) >= 11 is 0. The van der Waals surface area contributed by atoms with Crippen LogP contribution >= 0.6 is 0 Å². The summed E-state index contributed by atoms with van der Waals surface area (Å²) in [6.45, 7) is 9.71. The molecule has 17 heavy (non-hydrogen) atoms. The number of nitrogens with zero attached hydrogens (tertiary/aromatic N) is 1. The number of nitrogens with one attached hydrogen (secondary N) is 1. The molecule has 0 radical (unpaired) electrons. The van der Waals surface area contributed by atoms with Crippen molar-refractivity contribution < 1.29 is 5.11 Å². The number of aryl methyl sites for hydroxylation is 1. The minimum absolute atomic E-state index is 0.591. The SMILES string of the molecule is CCCC(C)(O)CNCc1cc(C)n(C)c1C. The van der Waals surface area contributed by atoms with E-state index < -0.39 is 5.60 Å². The standard InChI is InChI=1S/C14H26N2O/c1-6-7-14(4,17)10-15-9-13-8-11(2)16(5)12(13)3/h8,15,17H,6-7,9-10H2,1-5H3. The fourth-order valence-corrected chi connectivity index (χ4v) is 2.21. The second kappa shape index (κ2) is 5.69. The Morgan fingerprint density at radius 3 is 2.53 bits per heavy atom. The van der Waals surface area contributed by atoms with E-state index in [0.717, 1.165) is 19.4 Å². The molecule has 0 aliphatic rings. The van der Waals surface area contributed by atoms with Gasteiger partial charge in [-0.25, -0.2) is 0 Å². The van der Waals surface area contributed by atoms with E-state index in [4.69, 9.17) is 0 Å². The highest BCUT2D eigenvalue weighted by Gasteiger charge is 2.18. The van der Waals surface area contributed by atoms with Crippen molar-refractivity contribution in [2.75, 3.05) is 6.54 Å². The van der Waals surface area contributed by atoms with Crippen molar-refractivity contribution in [2.24, 2.45) is 7.05 Å². The van der Waals surface area contributed by atoms with Crippen LogP contribution in [0.15, 0.2) is 6.07 Å². The van der Waals surface area contributed by atoms with Gasteiger partial charge in [-0.05, 0) is 38.8 Å². The molecule has 1 aromatic rings. The minimum Gasteiger partial charge on any atom is -0.389 e. The molecule has 2 N–H and O–H groups in total. The van der Waals surface area contributed by atoms with Crippen LogP contribution < -0.4 is 5.32 Å². The van der Waals surface area contributed by atoms with Gasteiger partial charge in [-0.3, -0.25) is 0 Å². The third kappa shape index (κ3) is 3.86. The molecule has 3 nitrogen and oxygen atoms in total. The van der Waals surface area contributed by atoms with Gasteiger partial charge in [-0.1, -0.05) is 13.3 Å². The van der Waals surface area contributed by atoms with Crippen LogP contribution in [-0.4, -0.2) is 21.8 Å². The Morgan fingerprint density at radius 1 is 1.41 bits per heavy atom.